The summed E-state index contributed by atoms with van der Waals surface area (Å²) in [4.78, 5) is 30.8. The van der Waals surface area contributed by atoms with E-state index in [0.717, 1.165) is 68.6 Å². The molecule has 210 valence electrons. The van der Waals surface area contributed by atoms with Gasteiger partial charge in [-0.25, -0.2) is 0 Å². The van der Waals surface area contributed by atoms with Crippen molar-refractivity contribution in [2.75, 3.05) is 32.8 Å². The number of ether oxygens (including phenoxy) is 2. The lowest BCUT2D eigenvalue weighted by molar-refractivity contribution is -0.140. The largest absolute Gasteiger partial charge is 0.507 e. The Morgan fingerprint density at radius 1 is 1.08 bits per heavy atom. The molecule has 0 saturated carbocycles. The molecule has 0 radical (unpaired) electrons. The van der Waals surface area contributed by atoms with E-state index in [2.05, 4.69) is 25.7 Å². The van der Waals surface area contributed by atoms with E-state index >= 15 is 0 Å². The SMILES string of the molecule is CCCCCOc1cccc(C2/C(=C(/O)c3ccc4c(c3)CC(C)O4)C(=O)C(=O)N2CCCN(CC)CC)c1. The molecule has 0 aliphatic carbocycles. The lowest BCUT2D eigenvalue weighted by Gasteiger charge is -2.27. The van der Waals surface area contributed by atoms with Crippen LogP contribution in [0.4, 0.5) is 0 Å². The number of benzene rings is 2. The number of carbonyl (C=O) groups is 2. The maximum absolute atomic E-state index is 13.5. The van der Waals surface area contributed by atoms with Crippen LogP contribution in [0.5, 0.6) is 11.5 Å². The van der Waals surface area contributed by atoms with E-state index in [4.69, 9.17) is 9.47 Å². The average Bonchev–Trinajstić information content (AvgIpc) is 3.44. The molecule has 1 saturated heterocycles. The molecule has 0 aromatic heterocycles. The first-order valence-corrected chi connectivity index (χ1v) is 14.4. The number of carbonyl (C=O) groups excluding carboxylic acids is 2. The predicted octanol–water partition coefficient (Wildman–Crippen LogP) is 5.73. The molecule has 39 heavy (non-hydrogen) atoms. The first-order chi connectivity index (χ1) is 18.9. The summed E-state index contributed by atoms with van der Waals surface area (Å²) in [7, 11) is 0. The topological polar surface area (TPSA) is 79.3 Å². The maximum Gasteiger partial charge on any atom is 0.295 e. The van der Waals surface area contributed by atoms with Crippen molar-refractivity contribution in [1.29, 1.82) is 0 Å². The molecule has 2 heterocycles. The van der Waals surface area contributed by atoms with Gasteiger partial charge in [0.2, 0.25) is 0 Å². The van der Waals surface area contributed by atoms with Gasteiger partial charge in [0, 0.05) is 18.5 Å². The van der Waals surface area contributed by atoms with Crippen LogP contribution < -0.4 is 9.47 Å². The van der Waals surface area contributed by atoms with Crippen molar-refractivity contribution in [2.45, 2.75) is 71.9 Å². The number of hydrogen-bond acceptors (Lipinski definition) is 6. The lowest BCUT2D eigenvalue weighted by Crippen LogP contribution is -2.33. The summed E-state index contributed by atoms with van der Waals surface area (Å²) in [6.07, 6.45) is 4.69. The van der Waals surface area contributed by atoms with E-state index < -0.39 is 17.7 Å². The Bertz CT molecular complexity index is 1200. The summed E-state index contributed by atoms with van der Waals surface area (Å²) >= 11 is 0. The molecule has 0 bridgehead atoms. The average molecular weight is 535 g/mol. The molecule has 2 atom stereocenters. The minimum atomic E-state index is -0.690. The highest BCUT2D eigenvalue weighted by Crippen LogP contribution is 2.41. The van der Waals surface area contributed by atoms with Crippen molar-refractivity contribution < 1.29 is 24.2 Å². The number of unbranched alkanes of at least 4 members (excludes halogenated alkanes) is 2. The Balaban J connectivity index is 1.70. The Morgan fingerprint density at radius 3 is 2.62 bits per heavy atom. The Morgan fingerprint density at radius 2 is 1.87 bits per heavy atom. The second kappa shape index (κ2) is 13.2. The Kier molecular flexibility index (Phi) is 9.68. The van der Waals surface area contributed by atoms with Gasteiger partial charge in [-0.15, -0.1) is 0 Å². The molecular formula is C32H42N2O5. The van der Waals surface area contributed by atoms with E-state index in [9.17, 15) is 14.7 Å². The minimum Gasteiger partial charge on any atom is -0.507 e. The van der Waals surface area contributed by atoms with Crippen LogP contribution in [0.25, 0.3) is 5.76 Å². The summed E-state index contributed by atoms with van der Waals surface area (Å²) in [5, 5.41) is 11.5. The van der Waals surface area contributed by atoms with Gasteiger partial charge in [0.15, 0.2) is 0 Å². The minimum absolute atomic E-state index is 0.0637. The van der Waals surface area contributed by atoms with E-state index in [1.807, 2.05) is 43.3 Å². The van der Waals surface area contributed by atoms with Crippen molar-refractivity contribution in [3.63, 3.8) is 0 Å². The summed E-state index contributed by atoms with van der Waals surface area (Å²) in [5.41, 5.74) is 2.38. The highest BCUT2D eigenvalue weighted by molar-refractivity contribution is 6.46. The van der Waals surface area contributed by atoms with Crippen molar-refractivity contribution in [3.8, 4) is 11.5 Å². The molecule has 4 rings (SSSR count). The molecule has 2 aromatic carbocycles. The van der Waals surface area contributed by atoms with Crippen molar-refractivity contribution >= 4 is 17.4 Å². The number of nitrogens with zero attached hydrogens (tertiary/aromatic N) is 2. The predicted molar refractivity (Wildman–Crippen MR) is 153 cm³/mol. The van der Waals surface area contributed by atoms with Gasteiger partial charge in [-0.1, -0.05) is 45.7 Å². The van der Waals surface area contributed by atoms with Crippen LogP contribution in [0.15, 0.2) is 48.0 Å². The van der Waals surface area contributed by atoms with Crippen LogP contribution in [0.1, 0.15) is 76.1 Å². The second-order valence-electron chi connectivity index (χ2n) is 10.5. The van der Waals surface area contributed by atoms with E-state index in [0.29, 0.717) is 24.5 Å². The molecule has 0 spiro atoms. The highest BCUT2D eigenvalue weighted by Gasteiger charge is 2.46. The fourth-order valence-corrected chi connectivity index (χ4v) is 5.50. The van der Waals surface area contributed by atoms with Crippen molar-refractivity contribution in [3.05, 3.63) is 64.7 Å². The molecule has 2 aliphatic rings. The number of fused-ring (bicyclic) bond motifs is 1. The molecule has 7 heteroatoms. The zero-order valence-electron chi connectivity index (χ0n) is 23.7. The van der Waals surface area contributed by atoms with Gasteiger partial charge in [0.05, 0.1) is 18.2 Å². The smallest absolute Gasteiger partial charge is 0.295 e. The van der Waals surface area contributed by atoms with Crippen LogP contribution >= 0.6 is 0 Å². The third-order valence-corrected chi connectivity index (χ3v) is 7.67. The van der Waals surface area contributed by atoms with Crippen LogP contribution in [-0.4, -0.2) is 65.5 Å². The number of aliphatic hydroxyl groups is 1. The Hall–Kier alpha value is -3.32. The van der Waals surface area contributed by atoms with Gasteiger partial charge in [0.25, 0.3) is 11.7 Å². The molecule has 2 unspecified atom stereocenters. The van der Waals surface area contributed by atoms with Crippen LogP contribution in [0.2, 0.25) is 0 Å². The standard InChI is InChI=1S/C32H42N2O5/c1-5-8-9-18-38-26-13-10-12-23(21-26)29-28(30(35)24-14-15-27-25(20-24)19-22(4)39-27)31(36)32(37)34(29)17-11-16-33(6-2)7-3/h10,12-15,20-22,29,35H,5-9,11,16-19H2,1-4H3/b30-28-. The first kappa shape index (κ1) is 28.7. The van der Waals surface area contributed by atoms with Crippen molar-refractivity contribution in [1.82, 2.24) is 9.80 Å². The number of likely N-dealkylation sites (tertiary alicyclic amines) is 1. The van der Waals surface area contributed by atoms with E-state index in [1.165, 1.54) is 0 Å². The number of aliphatic hydroxyl groups excluding tert-OH is 1. The van der Waals surface area contributed by atoms with Gasteiger partial charge in [-0.3, -0.25) is 9.59 Å². The quantitative estimate of drug-likeness (QED) is 0.153. The molecule has 1 fully saturated rings. The van der Waals surface area contributed by atoms with Gasteiger partial charge < -0.3 is 24.4 Å². The van der Waals surface area contributed by atoms with Crippen LogP contribution in [0, 0.1) is 0 Å². The molecule has 2 aliphatic heterocycles. The number of Topliss-reactive ketones (excluding diaryl/α,β-unsaturated/α-hetero) is 1. The number of amides is 1. The molecular weight excluding hydrogens is 492 g/mol. The number of ketones is 1. The summed E-state index contributed by atoms with van der Waals surface area (Å²) in [5.74, 6) is 0.107. The highest BCUT2D eigenvalue weighted by atomic mass is 16.5. The summed E-state index contributed by atoms with van der Waals surface area (Å²) in [6, 6.07) is 12.3. The monoisotopic (exact) mass is 534 g/mol. The third-order valence-electron chi connectivity index (χ3n) is 7.67. The maximum atomic E-state index is 13.5. The number of hydrogen-bond donors (Lipinski definition) is 1. The second-order valence-corrected chi connectivity index (χ2v) is 10.5. The zero-order chi connectivity index (χ0) is 27.9. The zero-order valence-corrected chi connectivity index (χ0v) is 23.7. The fourth-order valence-electron chi connectivity index (χ4n) is 5.50. The molecule has 1 amide bonds. The van der Waals surface area contributed by atoms with Crippen LogP contribution in [0.3, 0.4) is 0 Å². The van der Waals surface area contributed by atoms with Gasteiger partial charge >= 0.3 is 0 Å². The van der Waals surface area contributed by atoms with Crippen molar-refractivity contribution in [2.24, 2.45) is 0 Å². The molecule has 1 N–H and O–H groups in total. The van der Waals surface area contributed by atoms with Crippen LogP contribution in [-0.2, 0) is 16.0 Å². The fraction of sp³-hybridized carbons (Fsp3) is 0.500. The molecule has 2 aromatic rings. The van der Waals surface area contributed by atoms with Gasteiger partial charge in [-0.2, -0.15) is 0 Å². The molecule has 7 nitrogen and oxygen atoms in total. The van der Waals surface area contributed by atoms with Gasteiger partial charge in [0.1, 0.15) is 23.4 Å². The van der Waals surface area contributed by atoms with E-state index in [1.54, 1.807) is 11.0 Å². The van der Waals surface area contributed by atoms with E-state index in [-0.39, 0.29) is 17.4 Å². The summed E-state index contributed by atoms with van der Waals surface area (Å²) in [6.45, 7) is 12.1. The van der Waals surface area contributed by atoms with Gasteiger partial charge in [-0.05, 0) is 80.9 Å². The third kappa shape index (κ3) is 6.47. The summed E-state index contributed by atoms with van der Waals surface area (Å²) < 4.78 is 11.8. The Labute approximate surface area is 232 Å². The number of rotatable bonds is 13. The first-order valence-electron chi connectivity index (χ1n) is 14.4. The normalized spacial score (nSPS) is 20.0. The lowest BCUT2D eigenvalue weighted by atomic mass is 9.94.